The van der Waals surface area contributed by atoms with Gasteiger partial charge in [-0.05, 0) is 131 Å². The van der Waals surface area contributed by atoms with E-state index in [2.05, 4.69) is 278 Å². The molecule has 18 aromatic rings. The molecule has 0 saturated carbocycles. The number of aryl methyl sites for hydroxylation is 6. The lowest BCUT2D eigenvalue weighted by molar-refractivity contribution is 1.04. The number of hydrogen-bond donors (Lipinski definition) is 0. The number of nitrogens with zero attached hydrogens (tertiary/aromatic N) is 5. The molecule has 0 atom stereocenters. The molecule has 0 aliphatic rings. The summed E-state index contributed by atoms with van der Waals surface area (Å²) < 4.78 is 14.9. The maximum Gasteiger partial charge on any atom is 0.104 e. The van der Waals surface area contributed by atoms with Gasteiger partial charge in [0.1, 0.15) is 11.6 Å². The second-order valence-corrected chi connectivity index (χ2v) is 26.0. The molecule has 6 heterocycles. The number of para-hydroxylation sites is 2. The molecule has 7 heteroatoms. The van der Waals surface area contributed by atoms with Crippen molar-refractivity contribution in [3.63, 3.8) is 0 Å². The molecule has 0 unspecified atom stereocenters. The third kappa shape index (κ3) is 6.63. The van der Waals surface area contributed by atoms with Crippen molar-refractivity contribution in [2.45, 2.75) is 41.5 Å². The first-order chi connectivity index (χ1) is 42.1. The summed E-state index contributed by atoms with van der Waals surface area (Å²) >= 11 is 3.68. The van der Waals surface area contributed by atoms with Crippen LogP contribution in [0.4, 0.5) is 0 Å². The highest BCUT2D eigenvalue weighted by Crippen LogP contribution is 2.54. The smallest absolute Gasteiger partial charge is 0.104 e. The second-order valence-electron chi connectivity index (χ2n) is 23.9. The van der Waals surface area contributed by atoms with Crippen LogP contribution in [0.15, 0.2) is 212 Å². The van der Waals surface area contributed by atoms with Crippen molar-refractivity contribution in [2.75, 3.05) is 0 Å². The van der Waals surface area contributed by atoms with Crippen molar-refractivity contribution in [3.05, 3.63) is 251 Å². The molecule has 0 aliphatic carbocycles. The number of benzene rings is 12. The molecule has 406 valence electrons. The Labute approximate surface area is 503 Å². The van der Waals surface area contributed by atoms with Crippen molar-refractivity contribution in [1.29, 1.82) is 5.26 Å². The van der Waals surface area contributed by atoms with Crippen molar-refractivity contribution in [3.8, 4) is 39.9 Å². The Bertz CT molecular complexity index is 5660. The highest BCUT2D eigenvalue weighted by molar-refractivity contribution is 7.27. The molecule has 6 aromatic heterocycles. The van der Waals surface area contributed by atoms with E-state index >= 15 is 0 Å². The van der Waals surface area contributed by atoms with Gasteiger partial charge < -0.3 is 18.3 Å². The van der Waals surface area contributed by atoms with E-state index in [0.717, 1.165) is 121 Å². The number of thiophene rings is 2. The molecule has 0 aliphatic heterocycles. The van der Waals surface area contributed by atoms with Gasteiger partial charge in [-0.15, -0.1) is 22.7 Å². The van der Waals surface area contributed by atoms with Gasteiger partial charge in [-0.3, -0.25) is 0 Å². The normalized spacial score (nSPS) is 12.3. The van der Waals surface area contributed by atoms with Gasteiger partial charge in [-0.2, -0.15) is 5.26 Å². The molecule has 86 heavy (non-hydrogen) atoms. The fourth-order valence-electron chi connectivity index (χ4n) is 14.8. The summed E-state index contributed by atoms with van der Waals surface area (Å²) in [5.74, 6) is 0. The van der Waals surface area contributed by atoms with Gasteiger partial charge in [0.25, 0.3) is 0 Å². The predicted octanol–water partition coefficient (Wildman–Crippen LogP) is 22.2. The van der Waals surface area contributed by atoms with Gasteiger partial charge in [0, 0.05) is 79.6 Å². The summed E-state index contributed by atoms with van der Waals surface area (Å²) in [7, 11) is 0. The Morgan fingerprint density at radius 1 is 0.302 bits per heavy atom. The topological polar surface area (TPSA) is 43.5 Å². The Balaban J connectivity index is 1.21. The third-order valence-electron chi connectivity index (χ3n) is 18.7. The van der Waals surface area contributed by atoms with Crippen LogP contribution in [0.3, 0.4) is 0 Å². The summed E-state index contributed by atoms with van der Waals surface area (Å²) in [6.07, 6.45) is 0. The quantitative estimate of drug-likeness (QED) is 0.169. The molecule has 0 radical (unpaired) electrons. The molecular formula is C79H53N5S2. The van der Waals surface area contributed by atoms with Crippen LogP contribution in [0.2, 0.25) is 0 Å². The first-order valence-corrected chi connectivity index (χ1v) is 31.2. The van der Waals surface area contributed by atoms with Crippen LogP contribution >= 0.6 is 22.7 Å². The SMILES string of the molecule is Cc1ccc2c(c1)c1cc(C)ccc1n2-c1c(-c2ccc(C)c(C)c2)c(-n2c3ccc(C)cc3c3cc(C)ccc32)c(-n2c3ccccc3c3ccc4c5ccccc5sc4c32)c(C#N)c1-n1c2ccccc2c2ccc3c4ccccc4sc3c21. The number of aromatic nitrogens is 4. The van der Waals surface area contributed by atoms with Gasteiger partial charge in [-0.25, -0.2) is 0 Å². The molecule has 0 bridgehead atoms. The van der Waals surface area contributed by atoms with E-state index in [-0.39, 0.29) is 0 Å². The minimum absolute atomic E-state index is 0.563. The summed E-state index contributed by atoms with van der Waals surface area (Å²) in [6, 6.07) is 82.8. The summed E-state index contributed by atoms with van der Waals surface area (Å²) in [6.45, 7) is 13.3. The summed E-state index contributed by atoms with van der Waals surface area (Å²) in [5.41, 5.74) is 21.7. The van der Waals surface area contributed by atoms with Gasteiger partial charge in [-0.1, -0.05) is 162 Å². The van der Waals surface area contributed by atoms with Gasteiger partial charge in [0.05, 0.1) is 76.3 Å². The monoisotopic (exact) mass is 1140 g/mol. The number of rotatable bonds is 5. The molecule has 0 fully saturated rings. The highest BCUT2D eigenvalue weighted by Gasteiger charge is 2.36. The van der Waals surface area contributed by atoms with Crippen LogP contribution in [0.1, 0.15) is 38.9 Å². The van der Waals surface area contributed by atoms with Crippen molar-refractivity contribution < 1.29 is 0 Å². The van der Waals surface area contributed by atoms with Crippen LogP contribution in [0, 0.1) is 52.9 Å². The summed E-state index contributed by atoms with van der Waals surface area (Å²) in [4.78, 5) is 0. The number of nitriles is 1. The van der Waals surface area contributed by atoms with Crippen LogP contribution in [0.25, 0.3) is 161 Å². The highest BCUT2D eigenvalue weighted by atomic mass is 32.1. The lowest BCUT2D eigenvalue weighted by Gasteiger charge is -2.29. The van der Waals surface area contributed by atoms with E-state index < -0.39 is 0 Å². The Morgan fingerprint density at radius 3 is 1.08 bits per heavy atom. The van der Waals surface area contributed by atoms with Gasteiger partial charge >= 0.3 is 0 Å². The molecule has 0 spiro atoms. The molecule has 0 amide bonds. The molecule has 0 N–H and O–H groups in total. The maximum absolute atomic E-state index is 13.4. The van der Waals surface area contributed by atoms with Crippen LogP contribution in [-0.4, -0.2) is 18.3 Å². The van der Waals surface area contributed by atoms with Crippen LogP contribution in [-0.2, 0) is 0 Å². The minimum Gasteiger partial charge on any atom is -0.306 e. The zero-order valence-corrected chi connectivity index (χ0v) is 49.9. The fraction of sp³-hybridized carbons (Fsp3) is 0.0759. The average Bonchev–Trinajstić information content (AvgIpc) is 1.55. The van der Waals surface area contributed by atoms with E-state index in [1.165, 1.54) is 73.7 Å². The first-order valence-electron chi connectivity index (χ1n) is 29.5. The Hall–Kier alpha value is -10.2. The van der Waals surface area contributed by atoms with E-state index in [4.69, 9.17) is 0 Å². The van der Waals surface area contributed by atoms with Crippen molar-refractivity contribution in [1.82, 2.24) is 18.3 Å². The van der Waals surface area contributed by atoms with Crippen molar-refractivity contribution in [2.24, 2.45) is 0 Å². The fourth-order valence-corrected chi connectivity index (χ4v) is 17.2. The number of fused-ring (bicyclic) bond motifs is 20. The zero-order chi connectivity index (χ0) is 57.5. The molecule has 0 saturated heterocycles. The maximum atomic E-state index is 13.4. The lowest BCUT2D eigenvalue weighted by atomic mass is 9.91. The van der Waals surface area contributed by atoms with Crippen LogP contribution in [0.5, 0.6) is 0 Å². The van der Waals surface area contributed by atoms with Gasteiger partial charge in [0.15, 0.2) is 0 Å². The second kappa shape index (κ2) is 17.9. The minimum atomic E-state index is 0.563. The van der Waals surface area contributed by atoms with E-state index in [0.29, 0.717) is 5.56 Å². The third-order valence-corrected chi connectivity index (χ3v) is 21.1. The van der Waals surface area contributed by atoms with E-state index in [1.807, 2.05) is 22.7 Å². The van der Waals surface area contributed by atoms with E-state index in [1.54, 1.807) is 0 Å². The molecule has 18 rings (SSSR count). The van der Waals surface area contributed by atoms with Crippen LogP contribution < -0.4 is 0 Å². The summed E-state index contributed by atoms with van der Waals surface area (Å²) in [5, 5.41) is 27.5. The molecular weight excluding hydrogens is 1080 g/mol. The Morgan fingerprint density at radius 2 is 0.674 bits per heavy atom. The lowest BCUT2D eigenvalue weighted by Crippen LogP contribution is -2.16. The molecule has 5 nitrogen and oxygen atoms in total. The Kier molecular flexibility index (Phi) is 10.2. The van der Waals surface area contributed by atoms with Crippen molar-refractivity contribution >= 4 is 150 Å². The number of hydrogen-bond acceptors (Lipinski definition) is 3. The first kappa shape index (κ1) is 49.2. The average molecular weight is 1140 g/mol. The van der Waals surface area contributed by atoms with Gasteiger partial charge in [0.2, 0.25) is 0 Å². The van der Waals surface area contributed by atoms with E-state index in [9.17, 15) is 5.26 Å². The largest absolute Gasteiger partial charge is 0.306 e. The predicted molar refractivity (Wildman–Crippen MR) is 368 cm³/mol. The zero-order valence-electron chi connectivity index (χ0n) is 48.3. The molecule has 12 aromatic carbocycles. The standard InChI is InChI=1S/C79H53N5S2/c1-43-23-33-65-58(37-43)59-38-44(2)24-34-66(59)81(65)76-71(49-28-27-47(5)48(6)41-49)77(82-67-35-25-45(3)39-60(67)61-40-46(4)26-36-68(61)82)73(84-64-20-12-8-16-51(64)55-30-32-57-53-18-10-14-22-70(53)86-79(57)75(55)84)62(42-80)72(76)83-63-19-11-7-15-50(63)54-29-31-56-52-17-9-13-21-69(52)85-78(56)74(54)83/h7-41H,1-6H3.